The Labute approximate surface area is 274 Å². The molecule has 10 heteroatoms. The van der Waals surface area contributed by atoms with Crippen LogP contribution < -0.4 is 9.64 Å². The van der Waals surface area contributed by atoms with Crippen molar-refractivity contribution >= 4 is 57.3 Å². The molecule has 1 aromatic heterocycles. The zero-order valence-electron chi connectivity index (χ0n) is 24.4. The van der Waals surface area contributed by atoms with Crippen LogP contribution in [0.1, 0.15) is 39.4 Å². The molecule has 0 saturated carbocycles. The van der Waals surface area contributed by atoms with Gasteiger partial charge in [-0.3, -0.25) is 14.5 Å². The van der Waals surface area contributed by atoms with E-state index in [1.165, 1.54) is 28.0 Å². The van der Waals surface area contributed by atoms with Crippen LogP contribution in [0.5, 0.6) is 5.75 Å². The molecule has 1 aliphatic rings. The lowest BCUT2D eigenvalue weighted by Gasteiger charge is -2.23. The first-order chi connectivity index (χ1) is 21.8. The lowest BCUT2D eigenvalue weighted by atomic mass is 9.93. The van der Waals surface area contributed by atoms with E-state index in [0.29, 0.717) is 38.6 Å². The zero-order valence-corrected chi connectivity index (χ0v) is 26.8. The Balaban J connectivity index is 1.36. The van der Waals surface area contributed by atoms with Gasteiger partial charge in [0, 0.05) is 16.3 Å². The van der Waals surface area contributed by atoms with Crippen molar-refractivity contribution in [1.29, 1.82) is 0 Å². The number of anilines is 1. The molecule has 1 aliphatic heterocycles. The Kier molecular flexibility index (Phi) is 9.02. The fraction of sp³-hybridized carbons (Fsp3) is 0.143. The van der Waals surface area contributed by atoms with E-state index in [9.17, 15) is 14.7 Å². The smallest absolute Gasteiger partial charge is 0.301 e. The quantitative estimate of drug-likeness (QED) is 0.0562. The van der Waals surface area contributed by atoms with E-state index in [4.69, 9.17) is 16.3 Å². The molecule has 0 bridgehead atoms. The molecule has 1 N–H and O–H groups in total. The van der Waals surface area contributed by atoms with Gasteiger partial charge < -0.3 is 9.84 Å². The molecule has 0 aliphatic carbocycles. The molecule has 1 unspecified atom stereocenters. The van der Waals surface area contributed by atoms with Crippen LogP contribution in [0.4, 0.5) is 5.13 Å². The summed E-state index contributed by atoms with van der Waals surface area (Å²) in [6.45, 7) is 4.15. The van der Waals surface area contributed by atoms with Gasteiger partial charge in [0.15, 0.2) is 4.34 Å². The number of carbonyl (C=O) groups excluding carboxylic acids is 2. The van der Waals surface area contributed by atoms with Gasteiger partial charge in [0.25, 0.3) is 5.78 Å². The Bertz CT molecular complexity index is 1910. The standard InChI is InChI=1S/C35H28ClN3O4S2/c1-21-12-13-22(2)27(18-21)31(40)29-30(24-14-16-26(17-15-24)43-19-23-8-4-3-5-9-23)39(33(42)32(29)41)34-37-38-35(45-34)44-20-25-10-6-7-11-28(25)36/h3-18,30,40H,19-20H2,1-2H3/b31-29+. The number of amides is 1. The molecule has 0 radical (unpaired) electrons. The van der Waals surface area contributed by atoms with Gasteiger partial charge in [-0.1, -0.05) is 113 Å². The first kappa shape index (κ1) is 30.6. The van der Waals surface area contributed by atoms with Gasteiger partial charge >= 0.3 is 5.91 Å². The van der Waals surface area contributed by atoms with Gasteiger partial charge in [0.2, 0.25) is 5.13 Å². The van der Waals surface area contributed by atoms with Gasteiger partial charge in [-0.05, 0) is 60.4 Å². The van der Waals surface area contributed by atoms with Gasteiger partial charge in [-0.15, -0.1) is 10.2 Å². The topological polar surface area (TPSA) is 92.6 Å². The number of hydrogen-bond acceptors (Lipinski definition) is 8. The molecule has 0 spiro atoms. The molecule has 4 aromatic carbocycles. The number of halogens is 1. The predicted molar refractivity (Wildman–Crippen MR) is 179 cm³/mol. The molecule has 1 fully saturated rings. The summed E-state index contributed by atoms with van der Waals surface area (Å²) < 4.78 is 6.59. The number of aryl methyl sites for hydroxylation is 2. The molecule has 45 heavy (non-hydrogen) atoms. The summed E-state index contributed by atoms with van der Waals surface area (Å²) in [5.41, 5.74) is 4.78. The SMILES string of the molecule is Cc1ccc(C)c(/C(O)=C2\C(=O)C(=O)N(c3nnc(SCc4ccccc4Cl)s3)C2c2ccc(OCc3ccccc3)cc2)c1. The number of aliphatic hydroxyl groups excluding tert-OH is 1. The average Bonchev–Trinajstić information content (AvgIpc) is 3.62. The van der Waals surface area contributed by atoms with Crippen LogP contribution in [-0.2, 0) is 21.9 Å². The Morgan fingerprint density at radius 1 is 0.956 bits per heavy atom. The number of nitrogens with zero attached hydrogens (tertiary/aromatic N) is 3. The van der Waals surface area contributed by atoms with Crippen molar-refractivity contribution in [1.82, 2.24) is 10.2 Å². The first-order valence-electron chi connectivity index (χ1n) is 14.1. The number of carbonyl (C=O) groups is 2. The lowest BCUT2D eigenvalue weighted by molar-refractivity contribution is -0.132. The van der Waals surface area contributed by atoms with Gasteiger partial charge in [0.1, 0.15) is 18.1 Å². The van der Waals surface area contributed by atoms with Gasteiger partial charge in [-0.2, -0.15) is 0 Å². The highest BCUT2D eigenvalue weighted by atomic mass is 35.5. The number of aromatic nitrogens is 2. The summed E-state index contributed by atoms with van der Waals surface area (Å²) in [6.07, 6.45) is 0. The molecular weight excluding hydrogens is 626 g/mol. The predicted octanol–water partition coefficient (Wildman–Crippen LogP) is 8.31. The minimum atomic E-state index is -0.928. The largest absolute Gasteiger partial charge is 0.507 e. The van der Waals surface area contributed by atoms with Crippen LogP contribution in [0.25, 0.3) is 5.76 Å². The van der Waals surface area contributed by atoms with E-state index >= 15 is 0 Å². The number of ketones is 1. The summed E-state index contributed by atoms with van der Waals surface area (Å²) in [5.74, 6) is -0.612. The highest BCUT2D eigenvalue weighted by Crippen LogP contribution is 2.44. The van der Waals surface area contributed by atoms with Crippen molar-refractivity contribution in [3.63, 3.8) is 0 Å². The average molecular weight is 654 g/mol. The highest BCUT2D eigenvalue weighted by Gasteiger charge is 2.48. The fourth-order valence-corrected chi connectivity index (χ4v) is 7.23. The number of aliphatic hydroxyl groups is 1. The van der Waals surface area contributed by atoms with Crippen molar-refractivity contribution in [2.45, 2.75) is 36.6 Å². The summed E-state index contributed by atoms with van der Waals surface area (Å²) in [6, 6.07) is 29.3. The molecule has 7 nitrogen and oxygen atoms in total. The van der Waals surface area contributed by atoms with Gasteiger partial charge in [-0.25, -0.2) is 0 Å². The molecule has 1 saturated heterocycles. The maximum Gasteiger partial charge on any atom is 0.301 e. The van der Waals surface area contributed by atoms with Crippen molar-refractivity contribution < 1.29 is 19.4 Å². The Hall–Kier alpha value is -4.44. The van der Waals surface area contributed by atoms with Crippen LogP contribution in [0.3, 0.4) is 0 Å². The second-order valence-electron chi connectivity index (χ2n) is 10.6. The summed E-state index contributed by atoms with van der Waals surface area (Å²) in [7, 11) is 0. The second-order valence-corrected chi connectivity index (χ2v) is 13.1. The molecule has 2 heterocycles. The Morgan fingerprint density at radius 3 is 2.44 bits per heavy atom. The monoisotopic (exact) mass is 653 g/mol. The number of benzene rings is 4. The fourth-order valence-electron chi connectivity index (χ4n) is 5.08. The number of ether oxygens (including phenoxy) is 1. The van der Waals surface area contributed by atoms with Crippen molar-refractivity contribution in [2.75, 3.05) is 4.90 Å². The number of Topliss-reactive ketones (excluding diaryl/α,β-unsaturated/α-hetero) is 1. The van der Waals surface area contributed by atoms with Crippen LogP contribution in [-0.4, -0.2) is 27.0 Å². The summed E-state index contributed by atoms with van der Waals surface area (Å²) in [4.78, 5) is 28.7. The maximum absolute atomic E-state index is 13.7. The second kappa shape index (κ2) is 13.3. The normalized spacial score (nSPS) is 15.9. The summed E-state index contributed by atoms with van der Waals surface area (Å²) >= 11 is 8.97. The molecule has 1 atom stereocenters. The third kappa shape index (κ3) is 6.51. The Morgan fingerprint density at radius 2 is 1.69 bits per heavy atom. The van der Waals surface area contributed by atoms with Crippen LogP contribution in [0.2, 0.25) is 5.02 Å². The van der Waals surface area contributed by atoms with Crippen LogP contribution in [0, 0.1) is 13.8 Å². The molecule has 6 rings (SSSR count). The van der Waals surface area contributed by atoms with E-state index in [1.54, 1.807) is 24.3 Å². The third-order valence-electron chi connectivity index (χ3n) is 7.45. The van der Waals surface area contributed by atoms with E-state index in [0.717, 1.165) is 22.3 Å². The number of rotatable bonds is 9. The third-order valence-corrected chi connectivity index (χ3v) is 9.92. The molecule has 5 aromatic rings. The van der Waals surface area contributed by atoms with Gasteiger partial charge in [0.05, 0.1) is 11.6 Å². The summed E-state index contributed by atoms with van der Waals surface area (Å²) in [5, 5.41) is 21.1. The lowest BCUT2D eigenvalue weighted by Crippen LogP contribution is -2.29. The van der Waals surface area contributed by atoms with Crippen molar-refractivity contribution in [3.8, 4) is 5.75 Å². The molecular formula is C35H28ClN3O4S2. The van der Waals surface area contributed by atoms with E-state index in [1.807, 2.05) is 86.6 Å². The van der Waals surface area contributed by atoms with Crippen molar-refractivity contribution in [2.24, 2.45) is 0 Å². The highest BCUT2D eigenvalue weighted by molar-refractivity contribution is 8.00. The van der Waals surface area contributed by atoms with Crippen LogP contribution >= 0.6 is 34.7 Å². The number of thioether (sulfide) groups is 1. The zero-order chi connectivity index (χ0) is 31.5. The molecule has 1 amide bonds. The van der Waals surface area contributed by atoms with Crippen molar-refractivity contribution in [3.05, 3.63) is 141 Å². The van der Waals surface area contributed by atoms with E-state index in [2.05, 4.69) is 10.2 Å². The van der Waals surface area contributed by atoms with Crippen LogP contribution in [0.15, 0.2) is 107 Å². The molecule has 226 valence electrons. The minimum Gasteiger partial charge on any atom is -0.507 e. The first-order valence-corrected chi connectivity index (χ1v) is 16.3. The van der Waals surface area contributed by atoms with E-state index < -0.39 is 17.7 Å². The maximum atomic E-state index is 13.7. The number of hydrogen-bond donors (Lipinski definition) is 1. The van der Waals surface area contributed by atoms with E-state index in [-0.39, 0.29) is 16.5 Å². The minimum absolute atomic E-state index is 0.00729.